The summed E-state index contributed by atoms with van der Waals surface area (Å²) in [6, 6.07) is 13.0. The Hall–Kier alpha value is -2.49. The van der Waals surface area contributed by atoms with E-state index in [0.717, 1.165) is 11.1 Å². The van der Waals surface area contributed by atoms with Crippen molar-refractivity contribution in [1.82, 2.24) is 0 Å². The van der Waals surface area contributed by atoms with Crippen molar-refractivity contribution in [2.24, 2.45) is 0 Å². The van der Waals surface area contributed by atoms with Gasteiger partial charge in [0, 0.05) is 11.4 Å². The standard InChI is InChI=1S/C16H18N2O2/c1-11-6-8-13(9-7-11)20-10-16(19)18-15-5-3-4-14(17)12(15)2/h3-9H,10,17H2,1-2H3,(H,18,19). The lowest BCUT2D eigenvalue weighted by Gasteiger charge is -2.11. The van der Waals surface area contributed by atoms with E-state index in [1.807, 2.05) is 44.2 Å². The third-order valence-corrected chi connectivity index (χ3v) is 3.04. The topological polar surface area (TPSA) is 64.3 Å². The van der Waals surface area contributed by atoms with E-state index in [-0.39, 0.29) is 12.5 Å². The molecule has 0 aromatic heterocycles. The van der Waals surface area contributed by atoms with Gasteiger partial charge in [0.05, 0.1) is 0 Å². The summed E-state index contributed by atoms with van der Waals surface area (Å²) in [5.74, 6) is 0.467. The van der Waals surface area contributed by atoms with Crippen LogP contribution < -0.4 is 15.8 Å². The molecule has 0 atom stereocenters. The second kappa shape index (κ2) is 6.10. The first-order valence-corrected chi connectivity index (χ1v) is 6.40. The molecule has 0 aliphatic carbocycles. The zero-order chi connectivity index (χ0) is 14.5. The summed E-state index contributed by atoms with van der Waals surface area (Å²) in [6.07, 6.45) is 0. The minimum Gasteiger partial charge on any atom is -0.484 e. The maximum atomic E-state index is 11.8. The van der Waals surface area contributed by atoms with Gasteiger partial charge >= 0.3 is 0 Å². The maximum absolute atomic E-state index is 11.8. The van der Waals surface area contributed by atoms with Crippen molar-refractivity contribution in [3.63, 3.8) is 0 Å². The molecule has 3 N–H and O–H groups in total. The summed E-state index contributed by atoms with van der Waals surface area (Å²) in [4.78, 5) is 11.8. The molecule has 0 radical (unpaired) electrons. The molecule has 20 heavy (non-hydrogen) atoms. The van der Waals surface area contributed by atoms with Crippen LogP contribution in [0, 0.1) is 13.8 Å². The molecule has 2 rings (SSSR count). The predicted molar refractivity (Wildman–Crippen MR) is 80.9 cm³/mol. The van der Waals surface area contributed by atoms with E-state index < -0.39 is 0 Å². The number of nitrogen functional groups attached to an aromatic ring is 1. The van der Waals surface area contributed by atoms with E-state index in [4.69, 9.17) is 10.5 Å². The Kier molecular flexibility index (Phi) is 4.25. The number of nitrogens with two attached hydrogens (primary N) is 1. The summed E-state index contributed by atoms with van der Waals surface area (Å²) >= 11 is 0. The Morgan fingerprint density at radius 3 is 2.55 bits per heavy atom. The number of hydrogen-bond donors (Lipinski definition) is 2. The number of carbonyl (C=O) groups excluding carboxylic acids is 1. The van der Waals surface area contributed by atoms with Crippen LogP contribution in [-0.2, 0) is 4.79 Å². The van der Waals surface area contributed by atoms with Gasteiger partial charge in [-0.25, -0.2) is 0 Å². The van der Waals surface area contributed by atoms with Gasteiger partial charge in [-0.05, 0) is 43.7 Å². The quantitative estimate of drug-likeness (QED) is 0.840. The van der Waals surface area contributed by atoms with Crippen LogP contribution >= 0.6 is 0 Å². The van der Waals surface area contributed by atoms with Crippen LogP contribution in [0.25, 0.3) is 0 Å². The van der Waals surface area contributed by atoms with Gasteiger partial charge in [-0.1, -0.05) is 23.8 Å². The van der Waals surface area contributed by atoms with Crippen molar-refractivity contribution in [2.75, 3.05) is 17.7 Å². The number of amides is 1. The lowest BCUT2D eigenvalue weighted by Crippen LogP contribution is -2.20. The molecule has 104 valence electrons. The number of carbonyl (C=O) groups is 1. The molecule has 0 aliphatic rings. The Labute approximate surface area is 118 Å². The van der Waals surface area contributed by atoms with Crippen LogP contribution in [0.15, 0.2) is 42.5 Å². The molecule has 0 spiro atoms. The lowest BCUT2D eigenvalue weighted by atomic mass is 10.1. The summed E-state index contributed by atoms with van der Waals surface area (Å²) in [6.45, 7) is 3.84. The van der Waals surface area contributed by atoms with Crippen molar-refractivity contribution in [2.45, 2.75) is 13.8 Å². The predicted octanol–water partition coefficient (Wildman–Crippen LogP) is 2.90. The van der Waals surface area contributed by atoms with Crippen LogP contribution in [0.4, 0.5) is 11.4 Å². The van der Waals surface area contributed by atoms with Gasteiger partial charge in [0.2, 0.25) is 0 Å². The second-order valence-electron chi connectivity index (χ2n) is 4.67. The largest absolute Gasteiger partial charge is 0.484 e. The maximum Gasteiger partial charge on any atom is 0.262 e. The lowest BCUT2D eigenvalue weighted by molar-refractivity contribution is -0.118. The molecule has 0 heterocycles. The third-order valence-electron chi connectivity index (χ3n) is 3.04. The molecule has 4 heteroatoms. The number of anilines is 2. The van der Waals surface area contributed by atoms with Crippen LogP contribution in [-0.4, -0.2) is 12.5 Å². The van der Waals surface area contributed by atoms with E-state index in [1.54, 1.807) is 12.1 Å². The first kappa shape index (κ1) is 13.9. The number of aryl methyl sites for hydroxylation is 1. The Morgan fingerprint density at radius 2 is 1.85 bits per heavy atom. The van der Waals surface area contributed by atoms with Crippen LogP contribution in [0.5, 0.6) is 5.75 Å². The first-order chi connectivity index (χ1) is 9.56. The van der Waals surface area contributed by atoms with E-state index in [0.29, 0.717) is 17.1 Å². The van der Waals surface area contributed by atoms with Crippen molar-refractivity contribution >= 4 is 17.3 Å². The van der Waals surface area contributed by atoms with Crippen molar-refractivity contribution in [1.29, 1.82) is 0 Å². The number of ether oxygens (including phenoxy) is 1. The molecular weight excluding hydrogens is 252 g/mol. The fourth-order valence-corrected chi connectivity index (χ4v) is 1.76. The van der Waals surface area contributed by atoms with Crippen LogP contribution in [0.1, 0.15) is 11.1 Å². The first-order valence-electron chi connectivity index (χ1n) is 6.40. The number of hydrogen-bond acceptors (Lipinski definition) is 3. The van der Waals surface area contributed by atoms with E-state index in [2.05, 4.69) is 5.32 Å². The highest BCUT2D eigenvalue weighted by atomic mass is 16.5. The van der Waals surface area contributed by atoms with Crippen molar-refractivity contribution in [3.8, 4) is 5.75 Å². The Morgan fingerprint density at radius 1 is 1.15 bits per heavy atom. The smallest absolute Gasteiger partial charge is 0.262 e. The van der Waals surface area contributed by atoms with Gasteiger partial charge < -0.3 is 15.8 Å². The molecule has 0 saturated carbocycles. The monoisotopic (exact) mass is 270 g/mol. The zero-order valence-electron chi connectivity index (χ0n) is 11.6. The molecule has 0 aliphatic heterocycles. The van der Waals surface area contributed by atoms with Crippen molar-refractivity contribution < 1.29 is 9.53 Å². The fraction of sp³-hybridized carbons (Fsp3) is 0.188. The van der Waals surface area contributed by atoms with Gasteiger partial charge in [0.1, 0.15) is 5.75 Å². The highest BCUT2D eigenvalue weighted by molar-refractivity contribution is 5.93. The highest BCUT2D eigenvalue weighted by Crippen LogP contribution is 2.20. The molecule has 2 aromatic carbocycles. The molecule has 4 nitrogen and oxygen atoms in total. The Balaban J connectivity index is 1.92. The normalized spacial score (nSPS) is 10.1. The number of benzene rings is 2. The minimum atomic E-state index is -0.209. The van der Waals surface area contributed by atoms with Gasteiger partial charge in [-0.2, -0.15) is 0 Å². The Bertz CT molecular complexity index is 606. The van der Waals surface area contributed by atoms with Crippen LogP contribution in [0.2, 0.25) is 0 Å². The highest BCUT2D eigenvalue weighted by Gasteiger charge is 2.07. The SMILES string of the molecule is Cc1ccc(OCC(=O)Nc2cccc(N)c2C)cc1. The molecule has 1 amide bonds. The molecule has 2 aromatic rings. The molecule has 0 saturated heterocycles. The van der Waals surface area contributed by atoms with Crippen molar-refractivity contribution in [3.05, 3.63) is 53.6 Å². The summed E-state index contributed by atoms with van der Waals surface area (Å²) < 4.78 is 5.42. The second-order valence-corrected chi connectivity index (χ2v) is 4.67. The average molecular weight is 270 g/mol. The molecular formula is C16H18N2O2. The summed E-state index contributed by atoms with van der Waals surface area (Å²) in [5.41, 5.74) is 9.17. The van der Waals surface area contributed by atoms with Gasteiger partial charge in [0.15, 0.2) is 6.61 Å². The number of nitrogens with one attached hydrogen (secondary N) is 1. The fourth-order valence-electron chi connectivity index (χ4n) is 1.76. The minimum absolute atomic E-state index is 0.0305. The molecule has 0 unspecified atom stereocenters. The summed E-state index contributed by atoms with van der Waals surface area (Å²) in [5, 5.41) is 2.79. The summed E-state index contributed by atoms with van der Waals surface area (Å²) in [7, 11) is 0. The van der Waals surface area contributed by atoms with Gasteiger partial charge in [0.25, 0.3) is 5.91 Å². The molecule has 0 bridgehead atoms. The van der Waals surface area contributed by atoms with E-state index >= 15 is 0 Å². The number of rotatable bonds is 4. The zero-order valence-corrected chi connectivity index (χ0v) is 11.6. The van der Waals surface area contributed by atoms with Gasteiger partial charge in [-0.15, -0.1) is 0 Å². The van der Waals surface area contributed by atoms with E-state index in [1.165, 1.54) is 0 Å². The van der Waals surface area contributed by atoms with E-state index in [9.17, 15) is 4.79 Å². The third kappa shape index (κ3) is 3.51. The average Bonchev–Trinajstić information content (AvgIpc) is 2.43. The molecule has 0 fully saturated rings. The van der Waals surface area contributed by atoms with Crippen LogP contribution in [0.3, 0.4) is 0 Å². The van der Waals surface area contributed by atoms with Gasteiger partial charge in [-0.3, -0.25) is 4.79 Å².